The Morgan fingerprint density at radius 2 is 1.92 bits per heavy atom. The van der Waals surface area contributed by atoms with Gasteiger partial charge in [0, 0.05) is 24.6 Å². The predicted molar refractivity (Wildman–Crippen MR) is 98.0 cm³/mol. The zero-order valence-corrected chi connectivity index (χ0v) is 14.9. The van der Waals surface area contributed by atoms with Crippen LogP contribution in [0.1, 0.15) is 51.4 Å². The second kappa shape index (κ2) is 7.66. The van der Waals surface area contributed by atoms with Gasteiger partial charge in [-0.3, -0.25) is 9.59 Å². The molecule has 1 aliphatic rings. The summed E-state index contributed by atoms with van der Waals surface area (Å²) in [4.78, 5) is 29.1. The van der Waals surface area contributed by atoms with Crippen molar-refractivity contribution in [3.05, 3.63) is 65.0 Å². The molecule has 0 bridgehead atoms. The van der Waals surface area contributed by atoms with E-state index in [2.05, 4.69) is 22.5 Å². The number of hydrogen-bond donors (Lipinski definition) is 3. The van der Waals surface area contributed by atoms with Gasteiger partial charge >= 0.3 is 0 Å². The van der Waals surface area contributed by atoms with Gasteiger partial charge in [0.1, 0.15) is 5.69 Å². The predicted octanol–water partition coefficient (Wildman–Crippen LogP) is 1.70. The maximum absolute atomic E-state index is 12.6. The minimum absolute atomic E-state index is 0.161. The Kier molecular flexibility index (Phi) is 5.32. The Labute approximate surface area is 152 Å². The molecule has 2 aromatic rings. The minimum Gasteiger partial charge on any atom is -0.395 e. The number of aromatic nitrogens is 1. The van der Waals surface area contributed by atoms with Crippen LogP contribution in [0.2, 0.25) is 0 Å². The Balaban J connectivity index is 1.98. The molecule has 26 heavy (non-hydrogen) atoms. The van der Waals surface area contributed by atoms with E-state index in [1.165, 1.54) is 13.1 Å². The van der Waals surface area contributed by atoms with E-state index < -0.39 is 5.92 Å². The molecule has 1 heterocycles. The second-order valence-corrected chi connectivity index (χ2v) is 6.68. The second-order valence-electron chi connectivity index (χ2n) is 6.68. The van der Waals surface area contributed by atoms with Crippen molar-refractivity contribution in [3.8, 4) is 0 Å². The van der Waals surface area contributed by atoms with Crippen LogP contribution in [0.5, 0.6) is 0 Å². The molecule has 2 amide bonds. The van der Waals surface area contributed by atoms with E-state index in [1.54, 1.807) is 6.07 Å². The number of carbonyl (C=O) groups is 2. The van der Waals surface area contributed by atoms with Crippen LogP contribution in [-0.2, 0) is 0 Å². The summed E-state index contributed by atoms with van der Waals surface area (Å²) in [5.41, 5.74) is 1.91. The normalized spacial score (nSPS) is 19.5. The molecule has 0 spiro atoms. The molecule has 3 atom stereocenters. The minimum atomic E-state index is -0.410. The molecule has 1 fully saturated rings. The number of aliphatic hydroxyl groups is 1. The third-order valence-corrected chi connectivity index (χ3v) is 4.73. The zero-order chi connectivity index (χ0) is 18.7. The fraction of sp³-hybridized carbons (Fsp3) is 0.350. The number of amides is 2. The Morgan fingerprint density at radius 1 is 1.23 bits per heavy atom. The van der Waals surface area contributed by atoms with Gasteiger partial charge in [0.2, 0.25) is 0 Å². The lowest BCUT2D eigenvalue weighted by molar-refractivity contribution is 0.0949. The molecule has 0 radical (unpaired) electrons. The van der Waals surface area contributed by atoms with Gasteiger partial charge in [0.15, 0.2) is 0 Å². The summed E-state index contributed by atoms with van der Waals surface area (Å²) < 4.78 is 0. The van der Waals surface area contributed by atoms with Crippen molar-refractivity contribution in [2.45, 2.75) is 25.3 Å². The lowest BCUT2D eigenvalue weighted by Crippen LogP contribution is -2.28. The molecule has 1 unspecified atom stereocenters. The van der Waals surface area contributed by atoms with Gasteiger partial charge in [-0.15, -0.1) is 0 Å². The highest BCUT2D eigenvalue weighted by atomic mass is 16.3. The van der Waals surface area contributed by atoms with Gasteiger partial charge in [-0.05, 0) is 30.0 Å². The van der Waals surface area contributed by atoms with Crippen molar-refractivity contribution >= 4 is 11.8 Å². The van der Waals surface area contributed by atoms with Crippen LogP contribution in [0, 0.1) is 5.92 Å². The molecule has 6 heteroatoms. The number of nitrogens with zero attached hydrogens (tertiary/aromatic N) is 1. The molecule has 1 saturated carbocycles. The summed E-state index contributed by atoms with van der Waals surface area (Å²) >= 11 is 0. The molecule has 3 rings (SSSR count). The molecule has 6 nitrogen and oxygen atoms in total. The van der Waals surface area contributed by atoms with Gasteiger partial charge < -0.3 is 15.7 Å². The van der Waals surface area contributed by atoms with Crippen molar-refractivity contribution in [2.24, 2.45) is 5.92 Å². The van der Waals surface area contributed by atoms with Gasteiger partial charge in [-0.1, -0.05) is 37.3 Å². The number of rotatable bonds is 6. The molecule has 1 aromatic heterocycles. The third kappa shape index (κ3) is 3.91. The number of carbonyl (C=O) groups excluding carboxylic acids is 2. The first-order chi connectivity index (χ1) is 12.5. The maximum atomic E-state index is 12.6. The topological polar surface area (TPSA) is 91.3 Å². The third-order valence-electron chi connectivity index (χ3n) is 4.73. The van der Waals surface area contributed by atoms with Gasteiger partial charge in [-0.2, -0.15) is 0 Å². The zero-order valence-electron chi connectivity index (χ0n) is 14.9. The summed E-state index contributed by atoms with van der Waals surface area (Å²) in [6.07, 6.45) is 0.968. The van der Waals surface area contributed by atoms with Crippen molar-refractivity contribution in [1.29, 1.82) is 0 Å². The Hall–Kier alpha value is -2.73. The number of benzene rings is 1. The largest absolute Gasteiger partial charge is 0.395 e. The van der Waals surface area contributed by atoms with E-state index >= 15 is 0 Å². The van der Waals surface area contributed by atoms with Crippen LogP contribution >= 0.6 is 0 Å². The molecular weight excluding hydrogens is 330 g/mol. The van der Waals surface area contributed by atoms with E-state index in [1.807, 2.05) is 30.3 Å². The van der Waals surface area contributed by atoms with E-state index in [0.717, 1.165) is 12.0 Å². The molecule has 1 aliphatic carbocycles. The maximum Gasteiger partial charge on any atom is 0.269 e. The number of aliphatic hydroxyl groups excluding tert-OH is 1. The van der Waals surface area contributed by atoms with Crippen LogP contribution in [0.3, 0.4) is 0 Å². The number of hydrogen-bond acceptors (Lipinski definition) is 4. The van der Waals surface area contributed by atoms with Crippen molar-refractivity contribution in [2.75, 3.05) is 13.7 Å². The highest BCUT2D eigenvalue weighted by molar-refractivity contribution is 5.98. The first-order valence-corrected chi connectivity index (χ1v) is 8.74. The van der Waals surface area contributed by atoms with Crippen molar-refractivity contribution in [1.82, 2.24) is 15.6 Å². The molecule has 3 N–H and O–H groups in total. The number of nitrogens with one attached hydrogen (secondary N) is 2. The van der Waals surface area contributed by atoms with E-state index in [9.17, 15) is 14.7 Å². The van der Waals surface area contributed by atoms with E-state index in [0.29, 0.717) is 17.2 Å². The fourth-order valence-corrected chi connectivity index (χ4v) is 2.94. The molecule has 136 valence electrons. The lowest BCUT2D eigenvalue weighted by atomic mass is 9.94. The summed E-state index contributed by atoms with van der Waals surface area (Å²) in [7, 11) is 1.52. The first kappa shape index (κ1) is 18.1. The van der Waals surface area contributed by atoms with Crippen molar-refractivity contribution in [3.63, 3.8) is 0 Å². The van der Waals surface area contributed by atoms with E-state index in [4.69, 9.17) is 0 Å². The highest BCUT2D eigenvalue weighted by Crippen LogP contribution is 2.29. The molecular formula is C20H23N3O3. The molecule has 0 saturated heterocycles. The Morgan fingerprint density at radius 3 is 2.50 bits per heavy atom. The lowest BCUT2D eigenvalue weighted by Gasteiger charge is -2.16. The van der Waals surface area contributed by atoms with Crippen LogP contribution < -0.4 is 10.6 Å². The molecule has 1 aromatic carbocycles. The number of pyridine rings is 1. The quantitative estimate of drug-likeness (QED) is 0.737. The fourth-order valence-electron chi connectivity index (χ4n) is 2.94. The highest BCUT2D eigenvalue weighted by Gasteiger charge is 2.34. The Bertz CT molecular complexity index is 807. The average Bonchev–Trinajstić information content (AvgIpc) is 3.36. The van der Waals surface area contributed by atoms with Crippen molar-refractivity contribution < 1.29 is 14.7 Å². The standard InChI is InChI=1S/C20H23N3O3/c1-12-8-16(12)23-19(25)14-9-17(22-18(10-14)20(26)21-2)15(11-24)13-6-4-3-5-7-13/h3-7,9-10,12,15-16,24H,8,11H2,1-2H3,(H,21,26)(H,23,25)/t12-,15?,16-/m0/s1. The van der Waals surface area contributed by atoms with Gasteiger partial charge in [0.25, 0.3) is 11.8 Å². The smallest absolute Gasteiger partial charge is 0.269 e. The van der Waals surface area contributed by atoms with Crippen LogP contribution in [0.15, 0.2) is 42.5 Å². The monoisotopic (exact) mass is 353 g/mol. The van der Waals surface area contributed by atoms with Gasteiger partial charge in [0.05, 0.1) is 12.3 Å². The average molecular weight is 353 g/mol. The summed E-state index contributed by atoms with van der Waals surface area (Å²) in [6.45, 7) is 1.91. The van der Waals surface area contributed by atoms with Crippen LogP contribution in [-0.4, -0.2) is 41.6 Å². The van der Waals surface area contributed by atoms with Gasteiger partial charge in [-0.25, -0.2) is 4.98 Å². The summed E-state index contributed by atoms with van der Waals surface area (Å²) in [6, 6.07) is 12.8. The summed E-state index contributed by atoms with van der Waals surface area (Å²) in [5, 5.41) is 15.4. The first-order valence-electron chi connectivity index (χ1n) is 8.74. The summed E-state index contributed by atoms with van der Waals surface area (Å²) in [5.74, 6) is -0.524. The molecule has 0 aliphatic heterocycles. The van der Waals surface area contributed by atoms with Crippen LogP contribution in [0.4, 0.5) is 0 Å². The van der Waals surface area contributed by atoms with Crippen LogP contribution in [0.25, 0.3) is 0 Å². The van der Waals surface area contributed by atoms with E-state index in [-0.39, 0.29) is 30.2 Å². The SMILES string of the molecule is CNC(=O)c1cc(C(=O)N[C@H]2C[C@@H]2C)cc(C(CO)c2ccccc2)n1.